The van der Waals surface area contributed by atoms with Crippen LogP contribution in [0.5, 0.6) is 0 Å². The minimum absolute atomic E-state index is 0.859. The van der Waals surface area contributed by atoms with Gasteiger partial charge in [-0.25, -0.2) is 4.98 Å². The fourth-order valence-corrected chi connectivity index (χ4v) is 2.03. The van der Waals surface area contributed by atoms with Crippen molar-refractivity contribution in [2.75, 3.05) is 12.4 Å². The quantitative estimate of drug-likeness (QED) is 0.723. The molecule has 84 valence electrons. The molecule has 17 heavy (non-hydrogen) atoms. The zero-order chi connectivity index (χ0) is 11.7. The molecule has 0 unspecified atom stereocenters. The summed E-state index contributed by atoms with van der Waals surface area (Å²) in [6, 6.07) is 18.4. The second-order valence-corrected chi connectivity index (χ2v) is 3.85. The lowest BCUT2D eigenvalue weighted by Crippen LogP contribution is -2.00. The monoisotopic (exact) mass is 223 g/mol. The van der Waals surface area contributed by atoms with Crippen LogP contribution in [0.2, 0.25) is 0 Å². The number of imidazole rings is 1. The van der Waals surface area contributed by atoms with Crippen molar-refractivity contribution in [1.29, 1.82) is 0 Å². The Hall–Kier alpha value is -2.29. The molecule has 0 aliphatic rings. The van der Waals surface area contributed by atoms with Gasteiger partial charge in [0.25, 0.3) is 0 Å². The van der Waals surface area contributed by atoms with Crippen molar-refractivity contribution in [2.24, 2.45) is 0 Å². The van der Waals surface area contributed by atoms with Gasteiger partial charge in [0.15, 0.2) is 0 Å². The Morgan fingerprint density at radius 2 is 1.65 bits per heavy atom. The maximum absolute atomic E-state index is 4.56. The smallest absolute Gasteiger partial charge is 0.208 e. The molecule has 1 heterocycles. The SMILES string of the molecule is CNc1nc2ccccc2n1-c1ccccc1. The number of para-hydroxylation sites is 3. The van der Waals surface area contributed by atoms with E-state index in [-0.39, 0.29) is 0 Å². The van der Waals surface area contributed by atoms with Gasteiger partial charge in [0.1, 0.15) is 0 Å². The van der Waals surface area contributed by atoms with Gasteiger partial charge in [-0.15, -0.1) is 0 Å². The third-order valence-corrected chi connectivity index (χ3v) is 2.80. The van der Waals surface area contributed by atoms with Gasteiger partial charge in [0.05, 0.1) is 11.0 Å². The van der Waals surface area contributed by atoms with Gasteiger partial charge >= 0.3 is 0 Å². The van der Waals surface area contributed by atoms with Crippen molar-refractivity contribution in [3.05, 3.63) is 54.6 Å². The molecule has 0 spiro atoms. The molecular weight excluding hydrogens is 210 g/mol. The molecule has 2 aromatic carbocycles. The number of fused-ring (bicyclic) bond motifs is 1. The highest BCUT2D eigenvalue weighted by Gasteiger charge is 2.09. The Morgan fingerprint density at radius 3 is 2.41 bits per heavy atom. The number of rotatable bonds is 2. The maximum atomic E-state index is 4.56. The van der Waals surface area contributed by atoms with Gasteiger partial charge in [-0.05, 0) is 24.3 Å². The van der Waals surface area contributed by atoms with Crippen LogP contribution in [0.3, 0.4) is 0 Å². The molecule has 1 aromatic heterocycles. The van der Waals surface area contributed by atoms with E-state index in [1.807, 2.05) is 43.4 Å². The summed E-state index contributed by atoms with van der Waals surface area (Å²) in [4.78, 5) is 4.56. The Morgan fingerprint density at radius 1 is 0.941 bits per heavy atom. The summed E-state index contributed by atoms with van der Waals surface area (Å²) in [5, 5.41) is 3.14. The van der Waals surface area contributed by atoms with E-state index in [1.165, 1.54) is 0 Å². The van der Waals surface area contributed by atoms with E-state index >= 15 is 0 Å². The molecule has 3 nitrogen and oxygen atoms in total. The van der Waals surface area contributed by atoms with Gasteiger partial charge in [0.2, 0.25) is 5.95 Å². The molecular formula is C14H13N3. The first-order chi connectivity index (χ1) is 8.40. The van der Waals surface area contributed by atoms with E-state index in [2.05, 4.69) is 33.1 Å². The van der Waals surface area contributed by atoms with Crippen LogP contribution in [-0.4, -0.2) is 16.6 Å². The van der Waals surface area contributed by atoms with E-state index in [0.29, 0.717) is 0 Å². The average molecular weight is 223 g/mol. The molecule has 0 atom stereocenters. The van der Waals surface area contributed by atoms with Gasteiger partial charge in [-0.3, -0.25) is 4.57 Å². The number of hydrogen-bond donors (Lipinski definition) is 1. The molecule has 1 N–H and O–H groups in total. The summed E-state index contributed by atoms with van der Waals surface area (Å²) in [5.74, 6) is 0.859. The van der Waals surface area contributed by atoms with Gasteiger partial charge < -0.3 is 5.32 Å². The Bertz CT molecular complexity index is 641. The lowest BCUT2D eigenvalue weighted by molar-refractivity contribution is 1.09. The predicted molar refractivity (Wildman–Crippen MR) is 70.6 cm³/mol. The van der Waals surface area contributed by atoms with Crippen LogP contribution in [-0.2, 0) is 0 Å². The van der Waals surface area contributed by atoms with Crippen LogP contribution in [0.15, 0.2) is 54.6 Å². The normalized spacial score (nSPS) is 10.6. The van der Waals surface area contributed by atoms with Crippen molar-refractivity contribution in [3.8, 4) is 5.69 Å². The van der Waals surface area contributed by atoms with Crippen molar-refractivity contribution >= 4 is 17.0 Å². The first-order valence-corrected chi connectivity index (χ1v) is 5.61. The molecule has 0 aliphatic carbocycles. The molecule has 0 bridgehead atoms. The minimum atomic E-state index is 0.859. The third-order valence-electron chi connectivity index (χ3n) is 2.80. The summed E-state index contributed by atoms with van der Waals surface area (Å²) in [7, 11) is 1.89. The largest absolute Gasteiger partial charge is 0.358 e. The third kappa shape index (κ3) is 1.56. The number of nitrogens with one attached hydrogen (secondary N) is 1. The van der Waals surface area contributed by atoms with Crippen LogP contribution in [0.4, 0.5) is 5.95 Å². The molecule has 3 heteroatoms. The number of aromatic nitrogens is 2. The topological polar surface area (TPSA) is 29.9 Å². The second kappa shape index (κ2) is 3.94. The van der Waals surface area contributed by atoms with E-state index in [9.17, 15) is 0 Å². The predicted octanol–water partition coefficient (Wildman–Crippen LogP) is 3.07. The lowest BCUT2D eigenvalue weighted by Gasteiger charge is -2.07. The fourth-order valence-electron chi connectivity index (χ4n) is 2.03. The molecule has 0 aliphatic heterocycles. The van der Waals surface area contributed by atoms with Crippen molar-refractivity contribution < 1.29 is 0 Å². The van der Waals surface area contributed by atoms with Crippen LogP contribution in [0.1, 0.15) is 0 Å². The van der Waals surface area contributed by atoms with E-state index < -0.39 is 0 Å². The highest BCUT2D eigenvalue weighted by Crippen LogP contribution is 2.23. The van der Waals surface area contributed by atoms with Crippen LogP contribution >= 0.6 is 0 Å². The van der Waals surface area contributed by atoms with Crippen LogP contribution in [0.25, 0.3) is 16.7 Å². The van der Waals surface area contributed by atoms with Crippen molar-refractivity contribution in [2.45, 2.75) is 0 Å². The van der Waals surface area contributed by atoms with Crippen LogP contribution in [0, 0.1) is 0 Å². The van der Waals surface area contributed by atoms with E-state index in [1.54, 1.807) is 0 Å². The second-order valence-electron chi connectivity index (χ2n) is 3.85. The van der Waals surface area contributed by atoms with Crippen molar-refractivity contribution in [3.63, 3.8) is 0 Å². The summed E-state index contributed by atoms with van der Waals surface area (Å²) in [6.45, 7) is 0. The lowest BCUT2D eigenvalue weighted by atomic mass is 10.3. The number of nitrogens with zero attached hydrogens (tertiary/aromatic N) is 2. The Labute approximate surface area is 99.7 Å². The summed E-state index contributed by atoms with van der Waals surface area (Å²) in [6.07, 6.45) is 0. The zero-order valence-electron chi connectivity index (χ0n) is 9.59. The Kier molecular flexibility index (Phi) is 2.29. The Balaban J connectivity index is 2.34. The number of anilines is 1. The number of benzene rings is 2. The molecule has 3 aromatic rings. The zero-order valence-corrected chi connectivity index (χ0v) is 9.59. The summed E-state index contributed by atoms with van der Waals surface area (Å²) < 4.78 is 2.12. The fraction of sp³-hybridized carbons (Fsp3) is 0.0714. The van der Waals surface area contributed by atoms with E-state index in [4.69, 9.17) is 0 Å². The first-order valence-electron chi connectivity index (χ1n) is 5.61. The van der Waals surface area contributed by atoms with Crippen LogP contribution < -0.4 is 5.32 Å². The van der Waals surface area contributed by atoms with Gasteiger partial charge in [0, 0.05) is 12.7 Å². The highest BCUT2D eigenvalue weighted by molar-refractivity contribution is 5.81. The van der Waals surface area contributed by atoms with Crippen molar-refractivity contribution in [1.82, 2.24) is 9.55 Å². The van der Waals surface area contributed by atoms with E-state index in [0.717, 1.165) is 22.7 Å². The van der Waals surface area contributed by atoms with Gasteiger partial charge in [-0.1, -0.05) is 30.3 Å². The summed E-state index contributed by atoms with van der Waals surface area (Å²) in [5.41, 5.74) is 3.23. The molecule has 3 rings (SSSR count). The minimum Gasteiger partial charge on any atom is -0.358 e. The molecule has 0 fully saturated rings. The molecule has 0 saturated heterocycles. The molecule has 0 radical (unpaired) electrons. The molecule has 0 saturated carbocycles. The standard InChI is InChI=1S/C14H13N3/c1-15-14-16-12-9-5-6-10-13(12)17(14)11-7-3-2-4-8-11/h2-10H,1H3,(H,15,16). The summed E-state index contributed by atoms with van der Waals surface area (Å²) >= 11 is 0. The number of hydrogen-bond acceptors (Lipinski definition) is 2. The van der Waals surface area contributed by atoms with Gasteiger partial charge in [-0.2, -0.15) is 0 Å². The maximum Gasteiger partial charge on any atom is 0.208 e. The first kappa shape index (κ1) is 9.90. The molecule has 0 amide bonds. The average Bonchev–Trinajstić information content (AvgIpc) is 2.78. The highest BCUT2D eigenvalue weighted by atomic mass is 15.2.